The molecule has 4 aliphatic rings. The number of benzene rings is 6. The Labute approximate surface area is 387 Å². The van der Waals surface area contributed by atoms with Crippen LogP contribution in [0.25, 0.3) is 5.57 Å². The van der Waals surface area contributed by atoms with Crippen molar-refractivity contribution >= 4 is 48.6 Å². The first-order valence-electron chi connectivity index (χ1n) is 22.2. The van der Waals surface area contributed by atoms with Crippen molar-refractivity contribution in [2.45, 2.75) is 84.8 Å². The van der Waals surface area contributed by atoms with E-state index in [0.717, 1.165) is 88.6 Å². The van der Waals surface area contributed by atoms with Crippen LogP contribution in [0.3, 0.4) is 0 Å². The molecular weight excluding hydrogens is 869 g/mol. The zero-order valence-corrected chi connectivity index (χ0v) is 38.9. The van der Waals surface area contributed by atoms with Gasteiger partial charge in [0.05, 0.1) is 25.0 Å². The summed E-state index contributed by atoms with van der Waals surface area (Å²) in [7, 11) is -4.89. The minimum atomic E-state index is -3.91. The predicted molar refractivity (Wildman–Crippen MR) is 258 cm³/mol. The summed E-state index contributed by atoms with van der Waals surface area (Å²) in [6.07, 6.45) is 6.07. The number of ether oxygens (including phenoxy) is 2. The highest BCUT2D eigenvalue weighted by Crippen LogP contribution is 2.54. The molecule has 2 spiro atoms. The largest absolute Gasteiger partial charge is 0.495 e. The number of hydrogen-bond acceptors (Lipinski definition) is 8. The minimum absolute atomic E-state index is 0.0266. The standard InChI is InChI=1S/C27H27NO4S.C27H25NO4S/c2*1-18(19-9-4-3-5-10-19)21-15-20(16-23-22(21)17-26(29)27(23)13-8-14-27)28-33(30,31)25-12-7-6-11-24(25)32-2/h3-7,9-12,15-16,18,28H,8,13-14,17H2,1-2H3;3-7,9-12,15-16,28H,1,8,13-14,17H2,2H3. The third-order valence-electron chi connectivity index (χ3n) is 14.2. The molecule has 0 radical (unpaired) electrons. The molecule has 10 nitrogen and oxygen atoms in total. The Bertz CT molecular complexity index is 3120. The van der Waals surface area contributed by atoms with E-state index >= 15 is 0 Å². The molecule has 0 heterocycles. The molecule has 2 saturated carbocycles. The van der Waals surface area contributed by atoms with Gasteiger partial charge in [0, 0.05) is 30.1 Å². The van der Waals surface area contributed by atoms with E-state index in [9.17, 15) is 26.4 Å². The fourth-order valence-corrected chi connectivity index (χ4v) is 12.7. The molecule has 2 fully saturated rings. The smallest absolute Gasteiger partial charge is 0.265 e. The molecule has 4 aliphatic carbocycles. The Balaban J connectivity index is 0.000000166. The third-order valence-corrected chi connectivity index (χ3v) is 17.0. The highest BCUT2D eigenvalue weighted by atomic mass is 32.2. The lowest BCUT2D eigenvalue weighted by Gasteiger charge is -2.38. The Hall–Kier alpha value is -6.50. The molecule has 6 aromatic rings. The molecule has 1 unspecified atom stereocenters. The van der Waals surface area contributed by atoms with Gasteiger partial charge in [0.1, 0.15) is 32.9 Å². The summed E-state index contributed by atoms with van der Waals surface area (Å²) in [4.78, 5) is 26.3. The molecule has 2 N–H and O–H groups in total. The number of sulfonamides is 2. The SMILES string of the molecule is C=C(c1ccccc1)c1cc(NS(=O)(=O)c2ccccc2OC)cc2c1CC(=O)C21CCC1.COc1ccccc1S(=O)(=O)Nc1cc(C(C)c2ccccc2)c2c(c1)C1(CCC1)C(=O)C2. The molecule has 6 aromatic carbocycles. The number of para-hydroxylation sites is 2. The highest BCUT2D eigenvalue weighted by Gasteiger charge is 2.52. The van der Waals surface area contributed by atoms with Crippen LogP contribution in [0.15, 0.2) is 150 Å². The lowest BCUT2D eigenvalue weighted by Crippen LogP contribution is -2.39. The lowest BCUT2D eigenvalue weighted by atomic mass is 9.64. The molecular formula is C54H52N2O8S2. The van der Waals surface area contributed by atoms with Gasteiger partial charge in [-0.2, -0.15) is 0 Å². The number of anilines is 2. The monoisotopic (exact) mass is 920 g/mol. The van der Waals surface area contributed by atoms with Crippen molar-refractivity contribution in [3.8, 4) is 11.5 Å². The number of rotatable bonds is 12. The van der Waals surface area contributed by atoms with Crippen LogP contribution in [0.2, 0.25) is 0 Å². The number of hydrogen-bond donors (Lipinski definition) is 2. The summed E-state index contributed by atoms with van der Waals surface area (Å²) in [5.41, 5.74) is 8.59. The Kier molecular flexibility index (Phi) is 11.8. The maximum Gasteiger partial charge on any atom is 0.265 e. The van der Waals surface area contributed by atoms with E-state index in [2.05, 4.69) is 35.1 Å². The highest BCUT2D eigenvalue weighted by molar-refractivity contribution is 7.93. The van der Waals surface area contributed by atoms with E-state index in [1.165, 1.54) is 26.4 Å². The first-order chi connectivity index (χ1) is 31.7. The summed E-state index contributed by atoms with van der Waals surface area (Å²) in [6.45, 7) is 6.41. The van der Waals surface area contributed by atoms with Gasteiger partial charge in [0.2, 0.25) is 0 Å². The average Bonchev–Trinajstić information content (AvgIpc) is 3.78. The van der Waals surface area contributed by atoms with E-state index in [1.54, 1.807) is 42.5 Å². The fourth-order valence-electron chi connectivity index (χ4n) is 10.3. The van der Waals surface area contributed by atoms with E-state index in [0.29, 0.717) is 24.2 Å². The van der Waals surface area contributed by atoms with Gasteiger partial charge in [0.25, 0.3) is 20.0 Å². The van der Waals surface area contributed by atoms with Crippen molar-refractivity contribution in [2.75, 3.05) is 23.7 Å². The van der Waals surface area contributed by atoms with E-state index in [-0.39, 0.29) is 38.8 Å². The van der Waals surface area contributed by atoms with E-state index < -0.39 is 30.9 Å². The van der Waals surface area contributed by atoms with Crippen LogP contribution in [0.4, 0.5) is 11.4 Å². The number of fused-ring (bicyclic) bond motifs is 4. The average molecular weight is 921 g/mol. The van der Waals surface area contributed by atoms with Crippen LogP contribution >= 0.6 is 0 Å². The molecule has 66 heavy (non-hydrogen) atoms. The number of carbonyl (C=O) groups excluding carboxylic acids is 2. The van der Waals surface area contributed by atoms with Gasteiger partial charge in [-0.3, -0.25) is 19.0 Å². The van der Waals surface area contributed by atoms with Crippen molar-refractivity contribution in [2.24, 2.45) is 0 Å². The number of ketones is 2. The molecule has 12 heteroatoms. The number of nitrogens with one attached hydrogen (secondary N) is 2. The number of Topliss-reactive ketones (excluding diaryl/α,β-unsaturated/α-hetero) is 2. The zero-order valence-electron chi connectivity index (χ0n) is 37.2. The molecule has 0 bridgehead atoms. The topological polar surface area (TPSA) is 145 Å². The molecule has 0 amide bonds. The van der Waals surface area contributed by atoms with Crippen LogP contribution in [0.5, 0.6) is 11.5 Å². The minimum Gasteiger partial charge on any atom is -0.495 e. The van der Waals surface area contributed by atoms with E-state index in [4.69, 9.17) is 9.47 Å². The van der Waals surface area contributed by atoms with Gasteiger partial charge in [-0.15, -0.1) is 0 Å². The van der Waals surface area contributed by atoms with Gasteiger partial charge in [0.15, 0.2) is 0 Å². The summed E-state index contributed by atoms with van der Waals surface area (Å²) < 4.78 is 69.1. The molecule has 338 valence electrons. The van der Waals surface area contributed by atoms with Crippen LogP contribution in [-0.2, 0) is 53.3 Å². The van der Waals surface area contributed by atoms with Crippen molar-refractivity contribution < 1.29 is 35.9 Å². The van der Waals surface area contributed by atoms with Crippen molar-refractivity contribution in [3.63, 3.8) is 0 Å². The Morgan fingerprint density at radius 1 is 0.591 bits per heavy atom. The predicted octanol–water partition coefficient (Wildman–Crippen LogP) is 10.3. The zero-order chi connectivity index (χ0) is 46.4. The van der Waals surface area contributed by atoms with Gasteiger partial charge in [-0.05, 0) is 124 Å². The molecule has 0 saturated heterocycles. The second kappa shape index (κ2) is 17.4. The molecule has 0 aliphatic heterocycles. The van der Waals surface area contributed by atoms with Crippen molar-refractivity contribution in [1.82, 2.24) is 0 Å². The van der Waals surface area contributed by atoms with Crippen LogP contribution in [0, 0.1) is 0 Å². The van der Waals surface area contributed by atoms with Crippen molar-refractivity contribution in [1.29, 1.82) is 0 Å². The maximum atomic E-state index is 13.3. The summed E-state index contributed by atoms with van der Waals surface area (Å²) in [5.74, 6) is 1.06. The number of carbonyl (C=O) groups is 2. The van der Waals surface area contributed by atoms with E-state index in [1.807, 2.05) is 66.7 Å². The van der Waals surface area contributed by atoms with Crippen molar-refractivity contribution in [3.05, 3.63) is 185 Å². The van der Waals surface area contributed by atoms with Crippen LogP contribution in [-0.4, -0.2) is 42.6 Å². The molecule has 1 atom stereocenters. The first-order valence-corrected chi connectivity index (χ1v) is 25.2. The summed E-state index contributed by atoms with van der Waals surface area (Å²) >= 11 is 0. The normalized spacial score (nSPS) is 16.8. The Morgan fingerprint density at radius 2 is 1.03 bits per heavy atom. The number of methoxy groups -OCH3 is 2. The van der Waals surface area contributed by atoms with Gasteiger partial charge in [-0.1, -0.05) is 111 Å². The molecule has 10 rings (SSSR count). The first kappa shape index (κ1) is 44.7. The second-order valence-electron chi connectivity index (χ2n) is 17.7. The summed E-state index contributed by atoms with van der Waals surface area (Å²) in [6, 6.07) is 40.3. The maximum absolute atomic E-state index is 13.3. The quantitative estimate of drug-likeness (QED) is 0.123. The third kappa shape index (κ3) is 7.79. The summed E-state index contributed by atoms with van der Waals surface area (Å²) in [5, 5.41) is 0. The van der Waals surface area contributed by atoms with Gasteiger partial charge < -0.3 is 9.47 Å². The Morgan fingerprint density at radius 3 is 1.52 bits per heavy atom. The molecule has 0 aromatic heterocycles. The van der Waals surface area contributed by atoms with Gasteiger partial charge in [-0.25, -0.2) is 16.8 Å². The second-order valence-corrected chi connectivity index (χ2v) is 21.0. The fraction of sp³-hybridized carbons (Fsp3) is 0.259. The van der Waals surface area contributed by atoms with Crippen LogP contribution in [0.1, 0.15) is 95.9 Å². The van der Waals surface area contributed by atoms with Crippen LogP contribution < -0.4 is 18.9 Å². The van der Waals surface area contributed by atoms with Gasteiger partial charge >= 0.3 is 0 Å². The lowest BCUT2D eigenvalue weighted by molar-refractivity contribution is -0.126.